The molecule has 0 saturated heterocycles. The number of benzene rings is 1. The fraction of sp³-hybridized carbons (Fsp3) is 0.0588. The van der Waals surface area contributed by atoms with Crippen LogP contribution in [0.4, 0.5) is 4.39 Å². The van der Waals surface area contributed by atoms with Gasteiger partial charge in [0.2, 0.25) is 0 Å². The Morgan fingerprint density at radius 2 is 2.00 bits per heavy atom. The summed E-state index contributed by atoms with van der Waals surface area (Å²) in [5.74, 6) is -0.539. The maximum atomic E-state index is 13.2. The lowest BCUT2D eigenvalue weighted by Crippen LogP contribution is -2.28. The minimum absolute atomic E-state index is 0.235. The number of aromatic nitrogens is 1. The molecule has 3 nitrogen and oxygen atoms in total. The molecule has 0 spiro atoms. The number of thiophene rings is 1. The van der Waals surface area contributed by atoms with Gasteiger partial charge in [-0.15, -0.1) is 11.3 Å². The maximum absolute atomic E-state index is 13.2. The van der Waals surface area contributed by atoms with Crippen molar-refractivity contribution < 1.29 is 9.18 Å². The zero-order valence-electron chi connectivity index (χ0n) is 11.9. The molecule has 116 valence electrons. The van der Waals surface area contributed by atoms with Crippen molar-refractivity contribution in [3.8, 4) is 0 Å². The zero-order chi connectivity index (χ0) is 16.2. The molecule has 0 radical (unpaired) electrons. The molecule has 2 aromatic heterocycles. The van der Waals surface area contributed by atoms with Crippen molar-refractivity contribution >= 4 is 33.2 Å². The number of pyridine rings is 1. The molecule has 1 amide bonds. The van der Waals surface area contributed by atoms with Crippen molar-refractivity contribution in [1.29, 1.82) is 0 Å². The highest BCUT2D eigenvalue weighted by molar-refractivity contribution is 9.10. The summed E-state index contributed by atoms with van der Waals surface area (Å²) in [5, 5.41) is 4.93. The van der Waals surface area contributed by atoms with Gasteiger partial charge in [0.15, 0.2) is 0 Å². The fourth-order valence-electron chi connectivity index (χ4n) is 2.18. The number of nitrogens with one attached hydrogen (secondary N) is 1. The van der Waals surface area contributed by atoms with E-state index < -0.39 is 0 Å². The predicted molar refractivity (Wildman–Crippen MR) is 92.0 cm³/mol. The summed E-state index contributed by atoms with van der Waals surface area (Å²) < 4.78 is 13.9. The van der Waals surface area contributed by atoms with Gasteiger partial charge < -0.3 is 5.32 Å². The van der Waals surface area contributed by atoms with E-state index in [1.807, 2.05) is 17.5 Å². The molecule has 23 heavy (non-hydrogen) atoms. The van der Waals surface area contributed by atoms with Crippen LogP contribution >= 0.6 is 27.3 Å². The van der Waals surface area contributed by atoms with Gasteiger partial charge in [0.05, 0.1) is 11.6 Å². The summed E-state index contributed by atoms with van der Waals surface area (Å²) in [6, 6.07) is 11.4. The van der Waals surface area contributed by atoms with E-state index in [4.69, 9.17) is 0 Å². The van der Waals surface area contributed by atoms with Crippen LogP contribution in [0.25, 0.3) is 0 Å². The first-order valence-electron chi connectivity index (χ1n) is 6.84. The number of hydrogen-bond donors (Lipinski definition) is 1. The smallest absolute Gasteiger partial charge is 0.253 e. The maximum Gasteiger partial charge on any atom is 0.253 e. The van der Waals surface area contributed by atoms with E-state index in [0.717, 1.165) is 14.9 Å². The number of nitrogens with zero attached hydrogens (tertiary/aromatic N) is 1. The van der Waals surface area contributed by atoms with E-state index in [1.54, 1.807) is 24.4 Å². The molecular weight excluding hydrogens is 379 g/mol. The van der Waals surface area contributed by atoms with Crippen LogP contribution in [0.15, 0.2) is 64.7 Å². The van der Waals surface area contributed by atoms with Crippen molar-refractivity contribution in [3.05, 3.63) is 86.5 Å². The van der Waals surface area contributed by atoms with Crippen LogP contribution in [0.5, 0.6) is 0 Å². The number of carbonyl (C=O) groups excluding carboxylic acids is 1. The van der Waals surface area contributed by atoms with Crippen LogP contribution in [0.1, 0.15) is 26.8 Å². The van der Waals surface area contributed by atoms with Gasteiger partial charge in [-0.25, -0.2) is 4.39 Å². The van der Waals surface area contributed by atoms with Crippen molar-refractivity contribution in [2.45, 2.75) is 6.04 Å². The van der Waals surface area contributed by atoms with Gasteiger partial charge in [-0.1, -0.05) is 18.2 Å². The molecular formula is C17H12BrFN2OS. The Kier molecular flexibility index (Phi) is 4.83. The van der Waals surface area contributed by atoms with Crippen molar-refractivity contribution in [3.63, 3.8) is 0 Å². The van der Waals surface area contributed by atoms with Gasteiger partial charge in [0.25, 0.3) is 5.91 Å². The second-order valence-corrected chi connectivity index (χ2v) is 6.76. The Hall–Kier alpha value is -2.05. The third kappa shape index (κ3) is 3.83. The van der Waals surface area contributed by atoms with Crippen LogP contribution < -0.4 is 5.32 Å². The summed E-state index contributed by atoms with van der Waals surface area (Å²) in [6.45, 7) is 0. The first-order chi connectivity index (χ1) is 11.1. The monoisotopic (exact) mass is 390 g/mol. The molecule has 1 N–H and O–H groups in total. The third-order valence-corrected chi connectivity index (χ3v) is 4.64. The SMILES string of the molecule is O=C(NC(c1ccc(F)cc1)c1cccs1)c1cncc(Br)c1. The standard InChI is InChI=1S/C17H12BrFN2OS/c18-13-8-12(9-20-10-13)17(22)21-16(15-2-1-7-23-15)11-3-5-14(19)6-4-11/h1-10,16H,(H,21,22). The second-order valence-electron chi connectivity index (χ2n) is 4.87. The van der Waals surface area contributed by atoms with Gasteiger partial charge in [-0.2, -0.15) is 0 Å². The summed E-state index contributed by atoms with van der Waals surface area (Å²) in [7, 11) is 0. The van der Waals surface area contributed by atoms with E-state index >= 15 is 0 Å². The summed E-state index contributed by atoms with van der Waals surface area (Å²) in [5.41, 5.74) is 1.29. The summed E-state index contributed by atoms with van der Waals surface area (Å²) in [6.07, 6.45) is 3.13. The van der Waals surface area contributed by atoms with Crippen LogP contribution in [0, 0.1) is 5.82 Å². The van der Waals surface area contributed by atoms with Crippen LogP contribution in [0.2, 0.25) is 0 Å². The van der Waals surface area contributed by atoms with Gasteiger partial charge in [-0.3, -0.25) is 9.78 Å². The second kappa shape index (κ2) is 7.02. The summed E-state index contributed by atoms with van der Waals surface area (Å²) in [4.78, 5) is 17.5. The Morgan fingerprint density at radius 1 is 1.22 bits per heavy atom. The molecule has 0 bridgehead atoms. The number of rotatable bonds is 4. The molecule has 1 aromatic carbocycles. The largest absolute Gasteiger partial charge is 0.340 e. The third-order valence-electron chi connectivity index (χ3n) is 3.27. The van der Waals surface area contributed by atoms with Crippen molar-refractivity contribution in [1.82, 2.24) is 10.3 Å². The van der Waals surface area contributed by atoms with Crippen molar-refractivity contribution in [2.24, 2.45) is 0 Å². The lowest BCUT2D eigenvalue weighted by molar-refractivity contribution is 0.0943. The van der Waals surface area contributed by atoms with Crippen LogP contribution in [-0.4, -0.2) is 10.9 Å². The van der Waals surface area contributed by atoms with Gasteiger partial charge >= 0.3 is 0 Å². The molecule has 0 aliphatic heterocycles. The number of amides is 1. The van der Waals surface area contributed by atoms with E-state index in [-0.39, 0.29) is 17.8 Å². The number of hydrogen-bond acceptors (Lipinski definition) is 3. The molecule has 0 saturated carbocycles. The minimum Gasteiger partial charge on any atom is -0.340 e. The fourth-order valence-corrected chi connectivity index (χ4v) is 3.35. The van der Waals surface area contributed by atoms with Crippen molar-refractivity contribution in [2.75, 3.05) is 0 Å². The van der Waals surface area contributed by atoms with E-state index in [2.05, 4.69) is 26.2 Å². The normalized spacial score (nSPS) is 11.9. The highest BCUT2D eigenvalue weighted by atomic mass is 79.9. The molecule has 2 heterocycles. The van der Waals surface area contributed by atoms with Gasteiger partial charge in [-0.05, 0) is 51.1 Å². The molecule has 0 aliphatic carbocycles. The topological polar surface area (TPSA) is 42.0 Å². The van der Waals surface area contributed by atoms with Crippen LogP contribution in [-0.2, 0) is 0 Å². The first-order valence-corrected chi connectivity index (χ1v) is 8.51. The first kappa shape index (κ1) is 15.8. The highest BCUT2D eigenvalue weighted by Gasteiger charge is 2.19. The lowest BCUT2D eigenvalue weighted by atomic mass is 10.0. The minimum atomic E-state index is -0.331. The van der Waals surface area contributed by atoms with Gasteiger partial charge in [0, 0.05) is 21.7 Å². The number of carbonyl (C=O) groups is 1. The average molecular weight is 391 g/mol. The highest BCUT2D eigenvalue weighted by Crippen LogP contribution is 2.26. The van der Waals surface area contributed by atoms with Crippen LogP contribution in [0.3, 0.4) is 0 Å². The quantitative estimate of drug-likeness (QED) is 0.708. The molecule has 0 aliphatic rings. The molecule has 1 unspecified atom stereocenters. The van der Waals surface area contributed by atoms with E-state index in [9.17, 15) is 9.18 Å². The van der Waals surface area contributed by atoms with Gasteiger partial charge in [0.1, 0.15) is 5.82 Å². The molecule has 3 aromatic rings. The Balaban J connectivity index is 1.90. The molecule has 3 rings (SSSR count). The Bertz CT molecular complexity index is 806. The summed E-state index contributed by atoms with van der Waals surface area (Å²) >= 11 is 4.84. The average Bonchev–Trinajstić information content (AvgIpc) is 3.07. The predicted octanol–water partition coefficient (Wildman–Crippen LogP) is 4.56. The molecule has 0 fully saturated rings. The zero-order valence-corrected chi connectivity index (χ0v) is 14.3. The van der Waals surface area contributed by atoms with E-state index in [0.29, 0.717) is 5.56 Å². The lowest BCUT2D eigenvalue weighted by Gasteiger charge is -2.18. The molecule has 6 heteroatoms. The Morgan fingerprint density at radius 3 is 2.65 bits per heavy atom. The Labute approximate surface area is 145 Å². The number of halogens is 2. The van der Waals surface area contributed by atoms with E-state index in [1.165, 1.54) is 29.7 Å². The molecule has 1 atom stereocenters.